The molecule has 0 saturated heterocycles. The number of likely N-dealkylation sites (N-methyl/N-ethyl adjacent to an activating group) is 1. The van der Waals surface area contributed by atoms with Gasteiger partial charge in [-0.25, -0.2) is 0 Å². The fourth-order valence-electron chi connectivity index (χ4n) is 2.61. The van der Waals surface area contributed by atoms with Crippen LogP contribution in [0.3, 0.4) is 0 Å². The summed E-state index contributed by atoms with van der Waals surface area (Å²) in [6.45, 7) is 5.63. The lowest BCUT2D eigenvalue weighted by Gasteiger charge is -2.17. The molecule has 2 unspecified atom stereocenters. The summed E-state index contributed by atoms with van der Waals surface area (Å²) in [7, 11) is 1.82. The normalized spacial score (nSPS) is 19.5. The van der Waals surface area contributed by atoms with E-state index in [0.29, 0.717) is 25.4 Å². The van der Waals surface area contributed by atoms with Crippen molar-refractivity contribution in [3.8, 4) is 0 Å². The van der Waals surface area contributed by atoms with Crippen molar-refractivity contribution in [2.75, 3.05) is 20.1 Å². The van der Waals surface area contributed by atoms with Crippen LogP contribution in [-0.4, -0.2) is 41.8 Å². The summed E-state index contributed by atoms with van der Waals surface area (Å²) in [6.07, 6.45) is 5.99. The van der Waals surface area contributed by atoms with Crippen LogP contribution in [0.4, 0.5) is 0 Å². The number of carbonyl (C=O) groups is 2. The molecule has 1 aliphatic rings. The van der Waals surface area contributed by atoms with Gasteiger partial charge in [0, 0.05) is 32.5 Å². The number of nitrogens with one attached hydrogen (secondary N) is 1. The third-order valence-corrected chi connectivity index (χ3v) is 4.33. The van der Waals surface area contributed by atoms with Crippen molar-refractivity contribution in [1.82, 2.24) is 15.2 Å². The molecule has 0 radical (unpaired) electrons. The Morgan fingerprint density at radius 2 is 2.00 bits per heavy atom. The van der Waals surface area contributed by atoms with Crippen molar-refractivity contribution in [2.24, 2.45) is 17.8 Å². The second-order valence-corrected chi connectivity index (χ2v) is 6.79. The molecule has 2 amide bonds. The molecule has 5 heteroatoms. The van der Waals surface area contributed by atoms with Crippen molar-refractivity contribution in [2.45, 2.75) is 33.1 Å². The first kappa shape index (κ1) is 17.4. The van der Waals surface area contributed by atoms with Crippen LogP contribution in [-0.2, 0) is 16.0 Å². The first-order valence-corrected chi connectivity index (χ1v) is 8.40. The van der Waals surface area contributed by atoms with Crippen LogP contribution in [0.25, 0.3) is 0 Å². The fourth-order valence-corrected chi connectivity index (χ4v) is 2.61. The standard InChI is InChI=1S/C18H27N3O2/c1-13(2)4-10-20-17(22)15-12-16(15)18(23)21(3)11-7-14-5-8-19-9-6-14/h5-6,8-9,13,15-16H,4,7,10-12H2,1-3H3,(H,20,22). The second kappa shape index (κ2) is 8.09. The Hall–Kier alpha value is -1.91. The zero-order valence-electron chi connectivity index (χ0n) is 14.3. The van der Waals surface area contributed by atoms with E-state index in [-0.39, 0.29) is 23.7 Å². The number of hydrogen-bond donors (Lipinski definition) is 1. The molecule has 1 aromatic rings. The molecule has 0 bridgehead atoms. The van der Waals surface area contributed by atoms with Gasteiger partial charge in [0.2, 0.25) is 11.8 Å². The van der Waals surface area contributed by atoms with Gasteiger partial charge in [-0.1, -0.05) is 13.8 Å². The number of carbonyl (C=O) groups excluding carboxylic acids is 2. The van der Waals surface area contributed by atoms with Gasteiger partial charge in [0.05, 0.1) is 11.8 Å². The molecule has 1 fully saturated rings. The van der Waals surface area contributed by atoms with E-state index in [1.165, 1.54) is 5.56 Å². The minimum atomic E-state index is -0.128. The quantitative estimate of drug-likeness (QED) is 0.796. The maximum Gasteiger partial charge on any atom is 0.226 e. The Kier molecular flexibility index (Phi) is 6.13. The van der Waals surface area contributed by atoms with Gasteiger partial charge in [0.1, 0.15) is 0 Å². The minimum Gasteiger partial charge on any atom is -0.356 e. The molecule has 1 heterocycles. The second-order valence-electron chi connectivity index (χ2n) is 6.79. The van der Waals surface area contributed by atoms with Crippen molar-refractivity contribution in [1.29, 1.82) is 0 Å². The van der Waals surface area contributed by atoms with Crippen LogP contribution < -0.4 is 5.32 Å². The average molecular weight is 317 g/mol. The zero-order valence-corrected chi connectivity index (χ0v) is 14.3. The zero-order chi connectivity index (χ0) is 16.8. The minimum absolute atomic E-state index is 0.0338. The average Bonchev–Trinajstić information content (AvgIpc) is 3.33. The third kappa shape index (κ3) is 5.34. The summed E-state index contributed by atoms with van der Waals surface area (Å²) in [5.74, 6) is 0.440. The fraction of sp³-hybridized carbons (Fsp3) is 0.611. The maximum absolute atomic E-state index is 12.4. The lowest BCUT2D eigenvalue weighted by molar-refractivity contribution is -0.133. The van der Waals surface area contributed by atoms with Gasteiger partial charge < -0.3 is 10.2 Å². The van der Waals surface area contributed by atoms with Gasteiger partial charge in [-0.15, -0.1) is 0 Å². The van der Waals surface area contributed by atoms with Crippen LogP contribution >= 0.6 is 0 Å². The molecule has 0 spiro atoms. The molecular weight excluding hydrogens is 290 g/mol. The molecule has 1 saturated carbocycles. The molecule has 5 nitrogen and oxygen atoms in total. The van der Waals surface area contributed by atoms with Gasteiger partial charge in [-0.3, -0.25) is 14.6 Å². The summed E-state index contributed by atoms with van der Waals surface area (Å²) < 4.78 is 0. The lowest BCUT2D eigenvalue weighted by Crippen LogP contribution is -2.33. The summed E-state index contributed by atoms with van der Waals surface area (Å²) in [4.78, 5) is 30.1. The summed E-state index contributed by atoms with van der Waals surface area (Å²) in [6, 6.07) is 3.92. The largest absolute Gasteiger partial charge is 0.356 e. The molecule has 126 valence electrons. The highest BCUT2D eigenvalue weighted by Gasteiger charge is 2.48. The van der Waals surface area contributed by atoms with E-state index in [0.717, 1.165) is 12.8 Å². The number of aromatic nitrogens is 1. The van der Waals surface area contributed by atoms with E-state index in [4.69, 9.17) is 0 Å². The summed E-state index contributed by atoms with van der Waals surface area (Å²) in [5.41, 5.74) is 1.17. The molecule has 2 rings (SSSR count). The third-order valence-electron chi connectivity index (χ3n) is 4.33. The van der Waals surface area contributed by atoms with Gasteiger partial charge in [0.15, 0.2) is 0 Å². The van der Waals surface area contributed by atoms with E-state index >= 15 is 0 Å². The first-order chi connectivity index (χ1) is 11.0. The number of pyridine rings is 1. The SMILES string of the molecule is CC(C)CCNC(=O)C1CC1C(=O)N(C)CCc1ccncc1. The van der Waals surface area contributed by atoms with Crippen LogP contribution in [0.2, 0.25) is 0 Å². The Bertz CT molecular complexity index is 530. The van der Waals surface area contributed by atoms with E-state index in [1.807, 2.05) is 19.2 Å². The Balaban J connectivity index is 1.71. The Morgan fingerprint density at radius 1 is 1.30 bits per heavy atom. The van der Waals surface area contributed by atoms with E-state index < -0.39 is 0 Å². The smallest absolute Gasteiger partial charge is 0.226 e. The monoisotopic (exact) mass is 317 g/mol. The lowest BCUT2D eigenvalue weighted by atomic mass is 10.1. The topological polar surface area (TPSA) is 62.3 Å². The summed E-state index contributed by atoms with van der Waals surface area (Å²) in [5, 5.41) is 2.94. The predicted octanol–water partition coefficient (Wildman–Crippen LogP) is 1.88. The van der Waals surface area contributed by atoms with Crippen molar-refractivity contribution in [3.05, 3.63) is 30.1 Å². The van der Waals surface area contributed by atoms with E-state index in [9.17, 15) is 9.59 Å². The first-order valence-electron chi connectivity index (χ1n) is 8.40. The highest BCUT2D eigenvalue weighted by atomic mass is 16.2. The predicted molar refractivity (Wildman–Crippen MR) is 89.6 cm³/mol. The maximum atomic E-state index is 12.4. The number of amides is 2. The van der Waals surface area contributed by atoms with Crippen molar-refractivity contribution in [3.63, 3.8) is 0 Å². The summed E-state index contributed by atoms with van der Waals surface area (Å²) >= 11 is 0. The molecule has 0 aromatic carbocycles. The molecule has 1 aromatic heterocycles. The molecule has 0 aliphatic heterocycles. The Morgan fingerprint density at radius 3 is 2.65 bits per heavy atom. The van der Waals surface area contributed by atoms with Crippen LogP contribution in [0.5, 0.6) is 0 Å². The molecule has 2 atom stereocenters. The van der Waals surface area contributed by atoms with Gasteiger partial charge in [0.25, 0.3) is 0 Å². The van der Waals surface area contributed by atoms with Gasteiger partial charge in [-0.05, 0) is 42.9 Å². The van der Waals surface area contributed by atoms with Crippen LogP contribution in [0, 0.1) is 17.8 Å². The Labute approximate surface area is 138 Å². The van der Waals surface area contributed by atoms with Crippen molar-refractivity contribution >= 4 is 11.8 Å². The molecule has 23 heavy (non-hydrogen) atoms. The van der Waals surface area contributed by atoms with Crippen LogP contribution in [0.15, 0.2) is 24.5 Å². The van der Waals surface area contributed by atoms with Crippen LogP contribution in [0.1, 0.15) is 32.3 Å². The molecule has 1 N–H and O–H groups in total. The number of nitrogens with zero attached hydrogens (tertiary/aromatic N) is 2. The highest BCUT2D eigenvalue weighted by Crippen LogP contribution is 2.39. The molecular formula is C18H27N3O2. The number of hydrogen-bond acceptors (Lipinski definition) is 3. The van der Waals surface area contributed by atoms with Gasteiger partial charge in [-0.2, -0.15) is 0 Å². The van der Waals surface area contributed by atoms with Crippen molar-refractivity contribution < 1.29 is 9.59 Å². The molecule has 1 aliphatic carbocycles. The van der Waals surface area contributed by atoms with E-state index in [2.05, 4.69) is 24.1 Å². The number of rotatable bonds is 8. The van der Waals surface area contributed by atoms with Gasteiger partial charge >= 0.3 is 0 Å². The highest BCUT2D eigenvalue weighted by molar-refractivity contribution is 5.92. The van der Waals surface area contributed by atoms with E-state index in [1.54, 1.807) is 17.3 Å².